The second-order valence-corrected chi connectivity index (χ2v) is 9.46. The average molecular weight is 496 g/mol. The van der Waals surface area contributed by atoms with Crippen molar-refractivity contribution >= 4 is 11.9 Å². The van der Waals surface area contributed by atoms with Gasteiger partial charge in [0.15, 0.2) is 11.5 Å². The summed E-state index contributed by atoms with van der Waals surface area (Å²) in [6, 6.07) is 15.7. The van der Waals surface area contributed by atoms with Gasteiger partial charge in [-0.05, 0) is 54.9 Å². The topological polar surface area (TPSA) is 65.1 Å². The second-order valence-electron chi connectivity index (χ2n) is 9.46. The van der Waals surface area contributed by atoms with Crippen LogP contribution < -0.4 is 9.47 Å². The normalized spacial score (nSPS) is 19.4. The Morgan fingerprint density at radius 3 is 2.36 bits per heavy atom. The van der Waals surface area contributed by atoms with E-state index < -0.39 is 0 Å². The number of benzene rings is 2. The molecule has 0 spiro atoms. The number of esters is 1. The van der Waals surface area contributed by atoms with E-state index in [4.69, 9.17) is 14.2 Å². The lowest BCUT2D eigenvalue weighted by atomic mass is 9.90. The highest BCUT2D eigenvalue weighted by atomic mass is 16.5. The fourth-order valence-corrected chi connectivity index (χ4v) is 4.98. The van der Waals surface area contributed by atoms with E-state index in [9.17, 15) is 9.59 Å². The Labute approximate surface area is 215 Å². The van der Waals surface area contributed by atoms with E-state index in [2.05, 4.69) is 19.1 Å². The second kappa shape index (κ2) is 13.9. The lowest BCUT2D eigenvalue weighted by Crippen LogP contribution is -2.29. The summed E-state index contributed by atoms with van der Waals surface area (Å²) in [5.41, 5.74) is 2.10. The van der Waals surface area contributed by atoms with Crippen LogP contribution in [-0.4, -0.2) is 43.1 Å². The van der Waals surface area contributed by atoms with Crippen molar-refractivity contribution in [3.05, 3.63) is 59.7 Å². The van der Waals surface area contributed by atoms with Gasteiger partial charge in [-0.1, -0.05) is 57.2 Å². The van der Waals surface area contributed by atoms with Crippen LogP contribution in [0.4, 0.5) is 0 Å². The van der Waals surface area contributed by atoms with Crippen LogP contribution in [0.25, 0.3) is 0 Å². The number of nitrogens with zero attached hydrogens (tertiary/aromatic N) is 1. The van der Waals surface area contributed by atoms with E-state index in [1.807, 2.05) is 55.1 Å². The first kappa shape index (κ1) is 27.6. The Balaban J connectivity index is 0.00000176. The van der Waals surface area contributed by atoms with E-state index in [-0.39, 0.29) is 43.3 Å². The van der Waals surface area contributed by atoms with Gasteiger partial charge in [-0.25, -0.2) is 0 Å². The number of methoxy groups -OCH3 is 1. The van der Waals surface area contributed by atoms with Crippen molar-refractivity contribution in [1.82, 2.24) is 4.90 Å². The van der Waals surface area contributed by atoms with E-state index in [1.54, 1.807) is 7.11 Å². The molecule has 2 aromatic carbocycles. The van der Waals surface area contributed by atoms with Crippen LogP contribution in [0.1, 0.15) is 76.3 Å². The molecule has 0 aromatic heterocycles. The smallest absolute Gasteiger partial charge is 0.306 e. The predicted molar refractivity (Wildman–Crippen MR) is 141 cm³/mol. The molecule has 196 valence electrons. The minimum absolute atomic E-state index is 0.00181. The molecule has 2 fully saturated rings. The van der Waals surface area contributed by atoms with E-state index in [0.29, 0.717) is 19.0 Å². The van der Waals surface area contributed by atoms with Gasteiger partial charge in [0, 0.05) is 25.4 Å². The van der Waals surface area contributed by atoms with Crippen molar-refractivity contribution < 1.29 is 23.8 Å². The average Bonchev–Trinajstić information content (AvgIpc) is 3.57. The lowest BCUT2D eigenvalue weighted by Gasteiger charge is -2.20. The molecule has 2 atom stereocenters. The SMILES string of the molecule is CC.COc1ccc([C@@H]2CN(C(=O)CCC(=O)OCc3ccccc3)C[C@@H]2C)cc1OC1CCCC1. The van der Waals surface area contributed by atoms with Crippen LogP contribution in [0.2, 0.25) is 0 Å². The summed E-state index contributed by atoms with van der Waals surface area (Å²) in [5.74, 6) is 1.76. The van der Waals surface area contributed by atoms with Crippen molar-refractivity contribution in [3.63, 3.8) is 0 Å². The zero-order valence-electron chi connectivity index (χ0n) is 22.2. The van der Waals surface area contributed by atoms with Crippen molar-refractivity contribution in [2.24, 2.45) is 5.92 Å². The first-order valence-electron chi connectivity index (χ1n) is 13.4. The highest BCUT2D eigenvalue weighted by molar-refractivity contribution is 5.81. The molecule has 0 N–H and O–H groups in total. The zero-order valence-corrected chi connectivity index (χ0v) is 22.2. The monoisotopic (exact) mass is 495 g/mol. The van der Waals surface area contributed by atoms with Gasteiger partial charge in [0.25, 0.3) is 0 Å². The first-order valence-corrected chi connectivity index (χ1v) is 13.4. The summed E-state index contributed by atoms with van der Waals surface area (Å²) in [5, 5.41) is 0. The van der Waals surface area contributed by atoms with Crippen LogP contribution in [0.15, 0.2) is 48.5 Å². The van der Waals surface area contributed by atoms with Crippen molar-refractivity contribution in [2.75, 3.05) is 20.2 Å². The Morgan fingerprint density at radius 1 is 0.944 bits per heavy atom. The lowest BCUT2D eigenvalue weighted by molar-refractivity contribution is -0.147. The number of likely N-dealkylation sites (tertiary alicyclic amines) is 1. The molecule has 0 unspecified atom stereocenters. The largest absolute Gasteiger partial charge is 0.493 e. The molecule has 1 amide bonds. The van der Waals surface area contributed by atoms with Gasteiger partial charge in [0.1, 0.15) is 6.61 Å². The molecular formula is C30H41NO5. The van der Waals surface area contributed by atoms with E-state index in [0.717, 1.165) is 29.9 Å². The standard InChI is InChI=1S/C28H35NO5.C2H6/c1-20-17-29(27(30)14-15-28(31)33-19-21-8-4-3-5-9-21)18-24(20)22-12-13-25(32-2)26(16-22)34-23-10-6-7-11-23;1-2/h3-5,8-9,12-13,16,20,23-24H,6-7,10-11,14-15,17-19H2,1-2H3;1-2H3/t20-,24+;/m0./s1. The molecule has 1 saturated carbocycles. The Morgan fingerprint density at radius 2 is 1.67 bits per heavy atom. The summed E-state index contributed by atoms with van der Waals surface area (Å²) in [6.07, 6.45) is 5.12. The molecule has 36 heavy (non-hydrogen) atoms. The molecule has 6 nitrogen and oxygen atoms in total. The van der Waals surface area contributed by atoms with Crippen LogP contribution in [-0.2, 0) is 20.9 Å². The van der Waals surface area contributed by atoms with Gasteiger partial charge in [0.05, 0.1) is 19.6 Å². The predicted octanol–water partition coefficient (Wildman–Crippen LogP) is 6.13. The molecule has 1 aliphatic heterocycles. The van der Waals surface area contributed by atoms with Gasteiger partial charge in [-0.3, -0.25) is 9.59 Å². The van der Waals surface area contributed by atoms with Gasteiger partial charge >= 0.3 is 5.97 Å². The maximum Gasteiger partial charge on any atom is 0.306 e. The number of hydrogen-bond donors (Lipinski definition) is 0. The van der Waals surface area contributed by atoms with E-state index in [1.165, 1.54) is 18.4 Å². The summed E-state index contributed by atoms with van der Waals surface area (Å²) in [7, 11) is 1.67. The van der Waals surface area contributed by atoms with Gasteiger partial charge in [-0.15, -0.1) is 0 Å². The maximum absolute atomic E-state index is 12.8. The number of hydrogen-bond acceptors (Lipinski definition) is 5. The maximum atomic E-state index is 12.8. The highest BCUT2D eigenvalue weighted by Crippen LogP contribution is 2.38. The summed E-state index contributed by atoms with van der Waals surface area (Å²) >= 11 is 0. The van der Waals surface area contributed by atoms with Crippen LogP contribution in [0, 0.1) is 5.92 Å². The molecule has 1 saturated heterocycles. The fourth-order valence-electron chi connectivity index (χ4n) is 4.98. The number of carbonyl (C=O) groups is 2. The molecule has 6 heteroatoms. The van der Waals surface area contributed by atoms with Crippen molar-refractivity contribution in [1.29, 1.82) is 0 Å². The van der Waals surface area contributed by atoms with Crippen molar-refractivity contribution in [2.45, 2.75) is 77.9 Å². The quantitative estimate of drug-likeness (QED) is 0.392. The molecule has 0 bridgehead atoms. The number of ether oxygens (including phenoxy) is 3. The minimum atomic E-state index is -0.343. The molecule has 2 aliphatic rings. The van der Waals surface area contributed by atoms with Gasteiger partial charge in [-0.2, -0.15) is 0 Å². The third kappa shape index (κ3) is 7.49. The molecule has 1 aliphatic carbocycles. The van der Waals surface area contributed by atoms with E-state index >= 15 is 0 Å². The fraction of sp³-hybridized carbons (Fsp3) is 0.533. The number of rotatable bonds is 9. The third-order valence-corrected chi connectivity index (χ3v) is 6.96. The van der Waals surface area contributed by atoms with Crippen LogP contribution >= 0.6 is 0 Å². The van der Waals surface area contributed by atoms with Gasteiger partial charge in [0.2, 0.25) is 5.91 Å². The van der Waals surface area contributed by atoms with Crippen LogP contribution in [0.3, 0.4) is 0 Å². The van der Waals surface area contributed by atoms with Gasteiger partial charge < -0.3 is 19.1 Å². The Kier molecular flexibility index (Phi) is 10.6. The van der Waals surface area contributed by atoms with Crippen molar-refractivity contribution in [3.8, 4) is 11.5 Å². The number of carbonyl (C=O) groups excluding carboxylic acids is 2. The molecule has 0 radical (unpaired) electrons. The molecule has 1 heterocycles. The molecule has 4 rings (SSSR count). The highest BCUT2D eigenvalue weighted by Gasteiger charge is 2.34. The third-order valence-electron chi connectivity index (χ3n) is 6.96. The Hall–Kier alpha value is -3.02. The molecular weight excluding hydrogens is 454 g/mol. The Bertz CT molecular complexity index is 971. The van der Waals surface area contributed by atoms with Crippen LogP contribution in [0.5, 0.6) is 11.5 Å². The summed E-state index contributed by atoms with van der Waals surface area (Å²) in [4.78, 5) is 26.8. The summed E-state index contributed by atoms with van der Waals surface area (Å²) in [6.45, 7) is 7.74. The first-order chi connectivity index (χ1) is 17.5. The minimum Gasteiger partial charge on any atom is -0.493 e. The molecule has 2 aromatic rings. The zero-order chi connectivity index (χ0) is 25.9. The summed E-state index contributed by atoms with van der Waals surface area (Å²) < 4.78 is 17.1. The number of amides is 1.